The number of alkyl halides is 3. The number of nitrogens with one attached hydrogen (secondary N) is 1. The summed E-state index contributed by atoms with van der Waals surface area (Å²) in [6.45, 7) is 2.96. The zero-order chi connectivity index (χ0) is 16.6. The number of aromatic nitrogens is 2. The Bertz CT molecular complexity index is 613. The smallest absolute Gasteiger partial charge is 0.280 e. The molecule has 0 unspecified atom stereocenters. The van der Waals surface area contributed by atoms with Crippen molar-refractivity contribution in [1.82, 2.24) is 9.78 Å². The Morgan fingerprint density at radius 1 is 1.36 bits per heavy atom. The van der Waals surface area contributed by atoms with Crippen LogP contribution in [0.25, 0.3) is 0 Å². The molecule has 5 nitrogen and oxygen atoms in total. The van der Waals surface area contributed by atoms with Crippen molar-refractivity contribution in [2.75, 3.05) is 4.72 Å². The van der Waals surface area contributed by atoms with Gasteiger partial charge in [0.25, 0.3) is 0 Å². The molecule has 0 amide bonds. The van der Waals surface area contributed by atoms with Crippen LogP contribution in [0.15, 0.2) is 12.4 Å². The summed E-state index contributed by atoms with van der Waals surface area (Å²) < 4.78 is 64.3. The highest BCUT2D eigenvalue weighted by Gasteiger charge is 2.34. The molecular weight excluding hydrogens is 319 g/mol. The molecule has 0 spiro atoms. The van der Waals surface area contributed by atoms with Gasteiger partial charge in [0.15, 0.2) is 0 Å². The lowest BCUT2D eigenvalue weighted by atomic mass is 9.77. The molecule has 1 fully saturated rings. The first-order chi connectivity index (χ1) is 9.97. The van der Waals surface area contributed by atoms with Gasteiger partial charge < -0.3 is 0 Å². The van der Waals surface area contributed by atoms with Crippen LogP contribution in [-0.2, 0) is 16.6 Å². The van der Waals surface area contributed by atoms with Crippen LogP contribution in [-0.4, -0.2) is 29.6 Å². The first-order valence-corrected chi connectivity index (χ1v) is 8.62. The molecule has 0 bridgehead atoms. The van der Waals surface area contributed by atoms with E-state index >= 15 is 0 Å². The number of rotatable bonds is 4. The van der Waals surface area contributed by atoms with E-state index in [4.69, 9.17) is 0 Å². The summed E-state index contributed by atoms with van der Waals surface area (Å²) in [5.74, 6) is 0. The first kappa shape index (κ1) is 17.1. The highest BCUT2D eigenvalue weighted by Crippen LogP contribution is 2.37. The van der Waals surface area contributed by atoms with Crippen molar-refractivity contribution in [3.05, 3.63) is 12.4 Å². The van der Waals surface area contributed by atoms with E-state index in [-0.39, 0.29) is 11.1 Å². The normalized spacial score (nSPS) is 20.0. The number of halogens is 3. The Labute approximate surface area is 127 Å². The number of hydrogen-bond donors (Lipinski definition) is 1. The summed E-state index contributed by atoms with van der Waals surface area (Å²) in [5, 5.41) is 3.02. The Balaban J connectivity index is 2.01. The van der Waals surface area contributed by atoms with Gasteiger partial charge in [-0.25, -0.2) is 8.42 Å². The highest BCUT2D eigenvalue weighted by atomic mass is 32.2. The third-order valence-corrected chi connectivity index (χ3v) is 5.83. The average molecular weight is 339 g/mol. The largest absolute Gasteiger partial charge is 0.408 e. The van der Waals surface area contributed by atoms with E-state index in [2.05, 4.69) is 23.7 Å². The van der Waals surface area contributed by atoms with Gasteiger partial charge in [0.2, 0.25) is 10.0 Å². The monoisotopic (exact) mass is 339 g/mol. The molecule has 22 heavy (non-hydrogen) atoms. The molecule has 1 saturated carbocycles. The second-order valence-electron chi connectivity index (χ2n) is 6.55. The lowest BCUT2D eigenvalue weighted by Gasteiger charge is -2.33. The van der Waals surface area contributed by atoms with Crippen LogP contribution in [0, 0.1) is 5.41 Å². The Morgan fingerprint density at radius 2 is 1.95 bits per heavy atom. The summed E-state index contributed by atoms with van der Waals surface area (Å²) >= 11 is 0. The van der Waals surface area contributed by atoms with E-state index in [0.29, 0.717) is 17.5 Å². The molecule has 1 N–H and O–H groups in total. The standard InChI is InChI=1S/C13H20F3N3O2S/c1-12(2)5-3-11(4-6-12)22(20,21)18-10-7-17-19(8-10)9-13(14,15)16/h7-8,11,18H,3-6,9H2,1-2H3. The van der Waals surface area contributed by atoms with E-state index in [0.717, 1.165) is 25.2 Å². The van der Waals surface area contributed by atoms with E-state index in [1.54, 1.807) is 0 Å². The van der Waals surface area contributed by atoms with Crippen LogP contribution in [0.3, 0.4) is 0 Å². The molecule has 9 heteroatoms. The molecule has 1 aromatic rings. The van der Waals surface area contributed by atoms with Crippen LogP contribution in [0.4, 0.5) is 18.9 Å². The molecule has 1 heterocycles. The van der Waals surface area contributed by atoms with Gasteiger partial charge in [0.05, 0.1) is 17.1 Å². The van der Waals surface area contributed by atoms with Crippen molar-refractivity contribution < 1.29 is 21.6 Å². The lowest BCUT2D eigenvalue weighted by Crippen LogP contribution is -2.34. The predicted octanol–water partition coefficient (Wildman–Crippen LogP) is 3.16. The molecule has 0 saturated heterocycles. The minimum absolute atomic E-state index is 0.0640. The van der Waals surface area contributed by atoms with Crippen LogP contribution in [0.2, 0.25) is 0 Å². The van der Waals surface area contributed by atoms with Crippen molar-refractivity contribution in [3.63, 3.8) is 0 Å². The van der Waals surface area contributed by atoms with Crippen molar-refractivity contribution in [3.8, 4) is 0 Å². The van der Waals surface area contributed by atoms with E-state index in [9.17, 15) is 21.6 Å². The Hall–Kier alpha value is -1.25. The molecule has 0 atom stereocenters. The van der Waals surface area contributed by atoms with E-state index in [1.165, 1.54) is 0 Å². The van der Waals surface area contributed by atoms with Gasteiger partial charge in [-0.1, -0.05) is 13.8 Å². The van der Waals surface area contributed by atoms with Crippen LogP contribution < -0.4 is 4.72 Å². The minimum atomic E-state index is -4.39. The maximum Gasteiger partial charge on any atom is 0.408 e. The molecule has 0 aromatic carbocycles. The van der Waals surface area contributed by atoms with Gasteiger partial charge in [-0.2, -0.15) is 18.3 Å². The molecule has 1 aromatic heterocycles. The van der Waals surface area contributed by atoms with Crippen LogP contribution in [0.1, 0.15) is 39.5 Å². The summed E-state index contributed by atoms with van der Waals surface area (Å²) in [7, 11) is -3.60. The minimum Gasteiger partial charge on any atom is -0.280 e. The predicted molar refractivity (Wildman–Crippen MR) is 76.9 cm³/mol. The van der Waals surface area contributed by atoms with Gasteiger partial charge in [0.1, 0.15) is 6.54 Å². The third-order valence-electron chi connectivity index (χ3n) is 3.96. The first-order valence-electron chi connectivity index (χ1n) is 7.08. The van der Waals surface area contributed by atoms with Crippen LogP contribution >= 0.6 is 0 Å². The Kier molecular flexibility index (Phi) is 4.47. The van der Waals surface area contributed by atoms with Crippen molar-refractivity contribution in [2.45, 2.75) is 57.5 Å². The fourth-order valence-corrected chi connectivity index (χ4v) is 4.07. The fraction of sp³-hybridized carbons (Fsp3) is 0.769. The van der Waals surface area contributed by atoms with Crippen LogP contribution in [0.5, 0.6) is 0 Å². The fourth-order valence-electron chi connectivity index (χ4n) is 2.62. The van der Waals surface area contributed by atoms with E-state index < -0.39 is 28.0 Å². The van der Waals surface area contributed by atoms with Gasteiger partial charge in [-0.15, -0.1) is 0 Å². The second kappa shape index (κ2) is 5.75. The second-order valence-corrected chi connectivity index (χ2v) is 8.51. The number of hydrogen-bond acceptors (Lipinski definition) is 3. The topological polar surface area (TPSA) is 64.0 Å². The summed E-state index contributed by atoms with van der Waals surface area (Å²) in [4.78, 5) is 0. The maximum absolute atomic E-state index is 12.3. The number of nitrogens with zero attached hydrogens (tertiary/aromatic N) is 2. The van der Waals surface area contributed by atoms with Crippen molar-refractivity contribution in [2.24, 2.45) is 5.41 Å². The highest BCUT2D eigenvalue weighted by molar-refractivity contribution is 7.93. The maximum atomic E-state index is 12.3. The molecule has 1 aliphatic carbocycles. The molecule has 0 aliphatic heterocycles. The number of anilines is 1. The quantitative estimate of drug-likeness (QED) is 0.916. The van der Waals surface area contributed by atoms with Gasteiger partial charge in [0, 0.05) is 6.20 Å². The zero-order valence-corrected chi connectivity index (χ0v) is 13.3. The molecule has 0 radical (unpaired) electrons. The third kappa shape index (κ3) is 4.62. The SMILES string of the molecule is CC1(C)CCC(S(=O)(=O)Nc2cnn(CC(F)(F)F)c2)CC1. The van der Waals surface area contributed by atoms with Crippen molar-refractivity contribution >= 4 is 15.7 Å². The zero-order valence-electron chi connectivity index (χ0n) is 12.5. The molecular formula is C13H20F3N3O2S. The molecule has 1 aliphatic rings. The summed E-state index contributed by atoms with van der Waals surface area (Å²) in [5.41, 5.74) is 0.206. The number of sulfonamides is 1. The van der Waals surface area contributed by atoms with Gasteiger partial charge in [-0.3, -0.25) is 9.40 Å². The van der Waals surface area contributed by atoms with Crippen molar-refractivity contribution in [1.29, 1.82) is 0 Å². The summed E-state index contributed by atoms with van der Waals surface area (Å²) in [6, 6.07) is 0. The van der Waals surface area contributed by atoms with Gasteiger partial charge in [-0.05, 0) is 31.1 Å². The molecule has 2 rings (SSSR count). The average Bonchev–Trinajstić information content (AvgIpc) is 2.72. The molecule has 126 valence electrons. The lowest BCUT2D eigenvalue weighted by molar-refractivity contribution is -0.142. The summed E-state index contributed by atoms with van der Waals surface area (Å²) in [6.07, 6.45) is 0.487. The Morgan fingerprint density at radius 3 is 2.50 bits per heavy atom. The van der Waals surface area contributed by atoms with Gasteiger partial charge >= 0.3 is 6.18 Å². The van der Waals surface area contributed by atoms with E-state index in [1.807, 2.05) is 0 Å².